The Kier molecular flexibility index (Phi) is 4.01. The smallest absolute Gasteiger partial charge is 0.365 e. The van der Waals surface area contributed by atoms with Crippen LogP contribution in [0.5, 0.6) is 0 Å². The van der Waals surface area contributed by atoms with E-state index in [0.29, 0.717) is 25.6 Å². The number of nitrogens with zero attached hydrogens (tertiary/aromatic N) is 2. The van der Waals surface area contributed by atoms with Crippen LogP contribution in [-0.4, -0.2) is 36.4 Å². The Balaban J connectivity index is 2.47. The van der Waals surface area contributed by atoms with Crippen LogP contribution < -0.4 is 16.0 Å². The van der Waals surface area contributed by atoms with E-state index in [0.717, 1.165) is 6.07 Å². The van der Waals surface area contributed by atoms with Gasteiger partial charge in [-0.2, -0.15) is 13.2 Å². The fourth-order valence-corrected chi connectivity index (χ4v) is 2.03. The lowest BCUT2D eigenvalue weighted by Gasteiger charge is -2.23. The molecule has 1 aliphatic heterocycles. The summed E-state index contributed by atoms with van der Waals surface area (Å²) >= 11 is 0. The van der Waals surface area contributed by atoms with E-state index in [1.165, 1.54) is 4.90 Å². The molecule has 3 N–H and O–H groups in total. The number of alkyl halides is 3. The minimum atomic E-state index is -4.64. The molecule has 1 aromatic rings. The van der Waals surface area contributed by atoms with Crippen molar-refractivity contribution in [3.63, 3.8) is 0 Å². The van der Waals surface area contributed by atoms with Crippen molar-refractivity contribution in [1.29, 1.82) is 0 Å². The molecule has 0 aliphatic carbocycles. The molecule has 0 radical (unpaired) electrons. The standard InChI is InChI=1S/C12H13F3N4O2/c13-12(14,15)8-3-2-7(10(16)21)11(18-8)19-5-1-4-17-9(20)6-19/h2-3H,1,4-6H2,(H2,16,21)(H,17,20). The number of aromatic nitrogens is 1. The molecule has 114 valence electrons. The van der Waals surface area contributed by atoms with Gasteiger partial charge in [0, 0.05) is 13.1 Å². The first-order chi connectivity index (χ1) is 9.79. The maximum Gasteiger partial charge on any atom is 0.433 e. The zero-order valence-corrected chi connectivity index (χ0v) is 10.9. The number of hydrogen-bond acceptors (Lipinski definition) is 4. The normalized spacial score (nSPS) is 16.3. The van der Waals surface area contributed by atoms with Crippen molar-refractivity contribution >= 4 is 17.6 Å². The maximum atomic E-state index is 12.7. The van der Waals surface area contributed by atoms with E-state index in [-0.39, 0.29) is 23.8 Å². The number of amides is 2. The molecular formula is C12H13F3N4O2. The molecule has 2 amide bonds. The number of carbonyl (C=O) groups is 2. The number of halogens is 3. The fraction of sp³-hybridized carbons (Fsp3) is 0.417. The van der Waals surface area contributed by atoms with E-state index in [2.05, 4.69) is 10.3 Å². The van der Waals surface area contributed by atoms with Crippen molar-refractivity contribution in [2.45, 2.75) is 12.6 Å². The number of nitrogens with one attached hydrogen (secondary N) is 1. The predicted molar refractivity (Wildman–Crippen MR) is 67.6 cm³/mol. The van der Waals surface area contributed by atoms with Gasteiger partial charge in [0.1, 0.15) is 11.5 Å². The Labute approximate surface area is 118 Å². The lowest BCUT2D eigenvalue weighted by Crippen LogP contribution is -2.35. The largest absolute Gasteiger partial charge is 0.433 e. The highest BCUT2D eigenvalue weighted by atomic mass is 19.4. The Morgan fingerprint density at radius 2 is 2.10 bits per heavy atom. The van der Waals surface area contributed by atoms with E-state index in [1.54, 1.807) is 0 Å². The summed E-state index contributed by atoms with van der Waals surface area (Å²) < 4.78 is 38.2. The van der Waals surface area contributed by atoms with Gasteiger partial charge in [0.25, 0.3) is 5.91 Å². The van der Waals surface area contributed by atoms with Crippen LogP contribution in [0.15, 0.2) is 12.1 Å². The average molecular weight is 302 g/mol. The molecule has 1 aliphatic rings. The molecule has 1 fully saturated rings. The Morgan fingerprint density at radius 1 is 1.38 bits per heavy atom. The first-order valence-corrected chi connectivity index (χ1v) is 6.18. The van der Waals surface area contributed by atoms with Crippen LogP contribution in [0, 0.1) is 0 Å². The van der Waals surface area contributed by atoms with Gasteiger partial charge in [-0.25, -0.2) is 4.98 Å². The van der Waals surface area contributed by atoms with Gasteiger partial charge in [-0.15, -0.1) is 0 Å². The van der Waals surface area contributed by atoms with Crippen LogP contribution in [0.1, 0.15) is 22.5 Å². The summed E-state index contributed by atoms with van der Waals surface area (Å²) in [6.07, 6.45) is -4.11. The molecule has 1 saturated heterocycles. The second-order valence-electron chi connectivity index (χ2n) is 4.55. The zero-order chi connectivity index (χ0) is 15.6. The number of nitrogens with two attached hydrogens (primary N) is 1. The Hall–Kier alpha value is -2.32. The molecule has 0 bridgehead atoms. The van der Waals surface area contributed by atoms with Crippen LogP contribution in [0.3, 0.4) is 0 Å². The van der Waals surface area contributed by atoms with Gasteiger partial charge in [-0.1, -0.05) is 0 Å². The molecule has 21 heavy (non-hydrogen) atoms. The van der Waals surface area contributed by atoms with Crippen LogP contribution in [0.25, 0.3) is 0 Å². The summed E-state index contributed by atoms with van der Waals surface area (Å²) in [6, 6.07) is 1.68. The Bertz CT molecular complexity index is 574. The molecule has 0 saturated carbocycles. The van der Waals surface area contributed by atoms with Gasteiger partial charge >= 0.3 is 6.18 Å². The highest BCUT2D eigenvalue weighted by Gasteiger charge is 2.34. The number of rotatable bonds is 2. The molecule has 6 nitrogen and oxygen atoms in total. The molecule has 2 rings (SSSR count). The minimum absolute atomic E-state index is 0.141. The van der Waals surface area contributed by atoms with Gasteiger partial charge in [0.2, 0.25) is 5.91 Å². The first-order valence-electron chi connectivity index (χ1n) is 6.18. The van der Waals surface area contributed by atoms with Crippen LogP contribution in [0.2, 0.25) is 0 Å². The van der Waals surface area contributed by atoms with E-state index in [4.69, 9.17) is 5.73 Å². The van der Waals surface area contributed by atoms with E-state index >= 15 is 0 Å². The van der Waals surface area contributed by atoms with Gasteiger partial charge in [0.15, 0.2) is 0 Å². The van der Waals surface area contributed by atoms with E-state index < -0.39 is 17.8 Å². The average Bonchev–Trinajstić information content (AvgIpc) is 2.61. The minimum Gasteiger partial charge on any atom is -0.365 e. The van der Waals surface area contributed by atoms with Gasteiger partial charge in [-0.3, -0.25) is 9.59 Å². The molecule has 0 aromatic carbocycles. The summed E-state index contributed by atoms with van der Waals surface area (Å²) in [5, 5.41) is 2.59. The predicted octanol–water partition coefficient (Wildman–Crippen LogP) is 0.526. The van der Waals surface area contributed by atoms with Crippen LogP contribution in [0.4, 0.5) is 19.0 Å². The molecule has 0 spiro atoms. The van der Waals surface area contributed by atoms with Crippen molar-refractivity contribution in [1.82, 2.24) is 10.3 Å². The molecule has 9 heteroatoms. The fourth-order valence-electron chi connectivity index (χ4n) is 2.03. The van der Waals surface area contributed by atoms with E-state index in [9.17, 15) is 22.8 Å². The van der Waals surface area contributed by atoms with Gasteiger partial charge in [0.05, 0.1) is 12.1 Å². The second kappa shape index (κ2) is 5.58. The molecule has 1 aromatic heterocycles. The molecule has 0 atom stereocenters. The Morgan fingerprint density at radius 3 is 2.71 bits per heavy atom. The maximum absolute atomic E-state index is 12.7. The molecular weight excluding hydrogens is 289 g/mol. The quantitative estimate of drug-likeness (QED) is 0.834. The topological polar surface area (TPSA) is 88.3 Å². The van der Waals surface area contributed by atoms with Gasteiger partial charge in [-0.05, 0) is 18.6 Å². The van der Waals surface area contributed by atoms with Crippen molar-refractivity contribution < 1.29 is 22.8 Å². The number of anilines is 1. The molecule has 0 unspecified atom stereocenters. The monoisotopic (exact) mass is 302 g/mol. The third-order valence-corrected chi connectivity index (χ3v) is 2.99. The van der Waals surface area contributed by atoms with Crippen LogP contribution in [-0.2, 0) is 11.0 Å². The number of pyridine rings is 1. The number of primary amides is 1. The third-order valence-electron chi connectivity index (χ3n) is 2.99. The third kappa shape index (κ3) is 3.41. The summed E-state index contributed by atoms with van der Waals surface area (Å²) in [5.41, 5.74) is 3.89. The second-order valence-corrected chi connectivity index (χ2v) is 4.55. The number of hydrogen-bond donors (Lipinski definition) is 2. The van der Waals surface area contributed by atoms with Crippen LogP contribution >= 0.6 is 0 Å². The van der Waals surface area contributed by atoms with Crippen molar-refractivity contribution in [3.05, 3.63) is 23.4 Å². The highest BCUT2D eigenvalue weighted by molar-refractivity contribution is 5.98. The summed E-state index contributed by atoms with van der Waals surface area (Å²) in [4.78, 5) is 27.7. The molecule has 2 heterocycles. The SMILES string of the molecule is NC(=O)c1ccc(C(F)(F)F)nc1N1CCCNC(=O)C1. The van der Waals surface area contributed by atoms with Gasteiger partial charge < -0.3 is 16.0 Å². The summed E-state index contributed by atoms with van der Waals surface area (Å²) in [6.45, 7) is 0.544. The summed E-state index contributed by atoms with van der Waals surface area (Å²) in [5.74, 6) is -1.45. The summed E-state index contributed by atoms with van der Waals surface area (Å²) in [7, 11) is 0. The lowest BCUT2D eigenvalue weighted by molar-refractivity contribution is -0.141. The zero-order valence-electron chi connectivity index (χ0n) is 10.9. The number of carbonyl (C=O) groups excluding carboxylic acids is 2. The lowest BCUT2D eigenvalue weighted by atomic mass is 10.2. The highest BCUT2D eigenvalue weighted by Crippen LogP contribution is 2.30. The van der Waals surface area contributed by atoms with Crippen molar-refractivity contribution in [3.8, 4) is 0 Å². The van der Waals surface area contributed by atoms with E-state index in [1.807, 2.05) is 0 Å². The first kappa shape index (κ1) is 15.1. The van der Waals surface area contributed by atoms with Crippen molar-refractivity contribution in [2.75, 3.05) is 24.5 Å². The van der Waals surface area contributed by atoms with Crippen molar-refractivity contribution in [2.24, 2.45) is 5.73 Å².